The topological polar surface area (TPSA) is 61.4 Å². The second-order valence-electron chi connectivity index (χ2n) is 4.38. The molecule has 1 saturated heterocycles. The largest absolute Gasteiger partial charge is 0.343 e. The summed E-state index contributed by atoms with van der Waals surface area (Å²) in [6.07, 6.45) is 0.165. The van der Waals surface area contributed by atoms with Crippen LogP contribution in [0.4, 0.5) is 5.69 Å². The Kier molecular flexibility index (Phi) is 3.94. The van der Waals surface area contributed by atoms with E-state index < -0.39 is 6.04 Å². The summed E-state index contributed by atoms with van der Waals surface area (Å²) < 4.78 is 0. The zero-order valence-corrected chi connectivity index (χ0v) is 10.3. The Morgan fingerprint density at radius 2 is 2.17 bits per heavy atom. The van der Waals surface area contributed by atoms with E-state index in [2.05, 4.69) is 10.6 Å². The van der Waals surface area contributed by atoms with E-state index in [0.29, 0.717) is 6.54 Å². The monoisotopic (exact) mass is 247 g/mol. The van der Waals surface area contributed by atoms with Gasteiger partial charge < -0.3 is 15.5 Å². The Labute approximate surface area is 106 Å². The first-order valence-corrected chi connectivity index (χ1v) is 6.00. The summed E-state index contributed by atoms with van der Waals surface area (Å²) in [7, 11) is 1.76. The molecule has 1 aliphatic rings. The number of hydrogen-bond acceptors (Lipinski definition) is 3. The average Bonchev–Trinajstić information content (AvgIpc) is 2.36. The lowest BCUT2D eigenvalue weighted by Gasteiger charge is -2.29. The van der Waals surface area contributed by atoms with Gasteiger partial charge in [-0.05, 0) is 12.1 Å². The van der Waals surface area contributed by atoms with Gasteiger partial charge in [0, 0.05) is 25.8 Å². The number of hydrogen-bond donors (Lipinski definition) is 2. The summed E-state index contributed by atoms with van der Waals surface area (Å²) in [6.45, 7) is 1.42. The van der Waals surface area contributed by atoms with Crippen molar-refractivity contribution in [2.45, 2.75) is 12.5 Å². The summed E-state index contributed by atoms with van der Waals surface area (Å²) in [5, 5.41) is 5.84. The van der Waals surface area contributed by atoms with Crippen LogP contribution in [0.15, 0.2) is 30.3 Å². The van der Waals surface area contributed by atoms with Crippen LogP contribution in [0.3, 0.4) is 0 Å². The predicted molar refractivity (Wildman–Crippen MR) is 69.1 cm³/mol. The molecule has 1 unspecified atom stereocenters. The van der Waals surface area contributed by atoms with Gasteiger partial charge in [0.25, 0.3) is 0 Å². The van der Waals surface area contributed by atoms with Crippen LogP contribution < -0.4 is 10.6 Å². The molecule has 96 valence electrons. The van der Waals surface area contributed by atoms with Gasteiger partial charge in [-0.15, -0.1) is 0 Å². The fraction of sp³-hybridized carbons (Fsp3) is 0.385. The van der Waals surface area contributed by atoms with Crippen LogP contribution in [0.1, 0.15) is 6.42 Å². The summed E-state index contributed by atoms with van der Waals surface area (Å²) in [5.74, 6) is -0.174. The lowest BCUT2D eigenvalue weighted by molar-refractivity contribution is -0.136. The van der Waals surface area contributed by atoms with E-state index in [0.717, 1.165) is 12.2 Å². The minimum absolute atomic E-state index is 0.0236. The van der Waals surface area contributed by atoms with Crippen molar-refractivity contribution in [1.29, 1.82) is 0 Å². The van der Waals surface area contributed by atoms with Gasteiger partial charge >= 0.3 is 0 Å². The molecule has 1 heterocycles. The van der Waals surface area contributed by atoms with Gasteiger partial charge in [-0.3, -0.25) is 9.59 Å². The highest BCUT2D eigenvalue weighted by molar-refractivity contribution is 5.95. The van der Waals surface area contributed by atoms with Gasteiger partial charge in [-0.25, -0.2) is 0 Å². The van der Waals surface area contributed by atoms with E-state index in [-0.39, 0.29) is 18.2 Å². The number of carbonyl (C=O) groups excluding carboxylic acids is 2. The summed E-state index contributed by atoms with van der Waals surface area (Å²) in [4.78, 5) is 25.3. The van der Waals surface area contributed by atoms with Gasteiger partial charge in [0.1, 0.15) is 0 Å². The van der Waals surface area contributed by atoms with Crippen molar-refractivity contribution in [3.63, 3.8) is 0 Å². The van der Waals surface area contributed by atoms with Crippen molar-refractivity contribution in [3.05, 3.63) is 30.3 Å². The predicted octanol–water partition coefficient (Wildman–Crippen LogP) is 0.445. The minimum Gasteiger partial charge on any atom is -0.343 e. The molecule has 5 nitrogen and oxygen atoms in total. The smallest absolute Gasteiger partial charge is 0.240 e. The fourth-order valence-corrected chi connectivity index (χ4v) is 1.95. The van der Waals surface area contributed by atoms with Crippen LogP contribution in [0, 0.1) is 0 Å². The number of likely N-dealkylation sites (N-methyl/N-ethyl adjacent to an activating group) is 1. The minimum atomic E-state index is -0.410. The van der Waals surface area contributed by atoms with Gasteiger partial charge in [0.05, 0.1) is 12.5 Å². The van der Waals surface area contributed by atoms with Crippen molar-refractivity contribution in [2.24, 2.45) is 0 Å². The number of piperazine rings is 1. The average molecular weight is 247 g/mol. The van der Waals surface area contributed by atoms with Crippen molar-refractivity contribution in [1.82, 2.24) is 10.2 Å². The Morgan fingerprint density at radius 3 is 2.89 bits per heavy atom. The molecular weight excluding hydrogens is 230 g/mol. The van der Waals surface area contributed by atoms with Gasteiger partial charge in [0.15, 0.2) is 0 Å². The quantitative estimate of drug-likeness (QED) is 0.815. The normalized spacial score (nSPS) is 19.7. The van der Waals surface area contributed by atoms with E-state index >= 15 is 0 Å². The number of para-hydroxylation sites is 1. The van der Waals surface area contributed by atoms with Crippen LogP contribution in [-0.4, -0.2) is 42.9 Å². The molecule has 1 atom stereocenters. The van der Waals surface area contributed by atoms with E-state index in [1.807, 2.05) is 30.3 Å². The molecule has 0 aliphatic carbocycles. The molecule has 0 spiro atoms. The van der Waals surface area contributed by atoms with E-state index in [1.165, 1.54) is 0 Å². The molecule has 18 heavy (non-hydrogen) atoms. The molecule has 0 aromatic heterocycles. The Bertz CT molecular complexity index is 433. The maximum atomic E-state index is 11.8. The van der Waals surface area contributed by atoms with Crippen LogP contribution in [0.2, 0.25) is 0 Å². The molecular formula is C13H17N3O2. The standard InChI is InChI=1S/C13H17N3O2/c1-16-8-7-14-11(13(16)18)9-12(17)15-10-5-3-2-4-6-10/h2-6,11,14H,7-9H2,1H3,(H,15,17). The number of amides is 2. The summed E-state index contributed by atoms with van der Waals surface area (Å²) in [6, 6.07) is 8.82. The number of nitrogens with one attached hydrogen (secondary N) is 2. The lowest BCUT2D eigenvalue weighted by atomic mass is 10.1. The number of nitrogens with zero attached hydrogens (tertiary/aromatic N) is 1. The van der Waals surface area contributed by atoms with Crippen LogP contribution in [-0.2, 0) is 9.59 Å². The third-order valence-electron chi connectivity index (χ3n) is 2.96. The Hall–Kier alpha value is -1.88. The highest BCUT2D eigenvalue weighted by Gasteiger charge is 2.27. The molecule has 0 saturated carbocycles. The molecule has 2 N–H and O–H groups in total. The Morgan fingerprint density at radius 1 is 1.44 bits per heavy atom. The zero-order chi connectivity index (χ0) is 13.0. The number of rotatable bonds is 3. The second kappa shape index (κ2) is 5.64. The molecule has 5 heteroatoms. The molecule has 1 aromatic carbocycles. The first kappa shape index (κ1) is 12.6. The Balaban J connectivity index is 1.89. The second-order valence-corrected chi connectivity index (χ2v) is 4.38. The lowest BCUT2D eigenvalue weighted by Crippen LogP contribution is -2.54. The number of carbonyl (C=O) groups is 2. The molecule has 1 aromatic rings. The van der Waals surface area contributed by atoms with Crippen LogP contribution in [0.25, 0.3) is 0 Å². The maximum absolute atomic E-state index is 11.8. The molecule has 1 fully saturated rings. The van der Waals surface area contributed by atoms with E-state index in [1.54, 1.807) is 11.9 Å². The summed E-state index contributed by atoms with van der Waals surface area (Å²) >= 11 is 0. The van der Waals surface area contributed by atoms with E-state index in [4.69, 9.17) is 0 Å². The van der Waals surface area contributed by atoms with Crippen LogP contribution in [0.5, 0.6) is 0 Å². The van der Waals surface area contributed by atoms with E-state index in [9.17, 15) is 9.59 Å². The van der Waals surface area contributed by atoms with Crippen molar-refractivity contribution >= 4 is 17.5 Å². The van der Waals surface area contributed by atoms with Gasteiger partial charge in [-0.1, -0.05) is 18.2 Å². The van der Waals surface area contributed by atoms with Crippen molar-refractivity contribution in [3.8, 4) is 0 Å². The highest BCUT2D eigenvalue weighted by Crippen LogP contribution is 2.08. The molecule has 0 radical (unpaired) electrons. The van der Waals surface area contributed by atoms with Crippen molar-refractivity contribution < 1.29 is 9.59 Å². The molecule has 0 bridgehead atoms. The maximum Gasteiger partial charge on any atom is 0.240 e. The first-order valence-electron chi connectivity index (χ1n) is 6.00. The zero-order valence-electron chi connectivity index (χ0n) is 10.3. The van der Waals surface area contributed by atoms with Crippen molar-refractivity contribution in [2.75, 3.05) is 25.5 Å². The number of benzene rings is 1. The fourth-order valence-electron chi connectivity index (χ4n) is 1.95. The van der Waals surface area contributed by atoms with Gasteiger partial charge in [0.2, 0.25) is 11.8 Å². The summed E-state index contributed by atoms with van der Waals surface area (Å²) in [5.41, 5.74) is 0.749. The van der Waals surface area contributed by atoms with Crippen LogP contribution >= 0.6 is 0 Å². The third-order valence-corrected chi connectivity index (χ3v) is 2.96. The number of anilines is 1. The third kappa shape index (κ3) is 3.07. The van der Waals surface area contributed by atoms with Gasteiger partial charge in [-0.2, -0.15) is 0 Å². The SMILES string of the molecule is CN1CCNC(CC(=O)Nc2ccccc2)C1=O. The highest BCUT2D eigenvalue weighted by atomic mass is 16.2. The molecule has 1 aliphatic heterocycles. The molecule has 2 rings (SSSR count). The first-order chi connectivity index (χ1) is 8.66. The molecule has 2 amide bonds.